The van der Waals surface area contributed by atoms with E-state index in [0.717, 1.165) is 17.8 Å². The first-order valence-electron chi connectivity index (χ1n) is 6.19. The van der Waals surface area contributed by atoms with E-state index in [2.05, 4.69) is 21.2 Å². The van der Waals surface area contributed by atoms with Crippen LogP contribution in [-0.4, -0.2) is 32.4 Å². The third-order valence-corrected chi connectivity index (χ3v) is 7.01. The van der Waals surface area contributed by atoms with Gasteiger partial charge in [0.2, 0.25) is 10.0 Å². The van der Waals surface area contributed by atoms with Gasteiger partial charge in [0.1, 0.15) is 4.90 Å². The maximum absolute atomic E-state index is 12.5. The van der Waals surface area contributed by atoms with Gasteiger partial charge in [0.05, 0.1) is 3.79 Å². The Hall–Kier alpha value is -0.210. The summed E-state index contributed by atoms with van der Waals surface area (Å²) in [5.74, 6) is 0. The number of thiophene rings is 1. The van der Waals surface area contributed by atoms with Crippen LogP contribution in [-0.2, 0) is 16.6 Å². The van der Waals surface area contributed by atoms with E-state index in [9.17, 15) is 8.42 Å². The van der Waals surface area contributed by atoms with Crippen LogP contribution in [0.15, 0.2) is 26.9 Å². The van der Waals surface area contributed by atoms with E-state index in [1.54, 1.807) is 6.07 Å². The third-order valence-electron chi connectivity index (χ3n) is 2.89. The smallest absolute Gasteiger partial charge is 0.245 e. The minimum atomic E-state index is -3.38. The Kier molecular flexibility index (Phi) is 5.19. The predicted molar refractivity (Wildman–Crippen MR) is 81.9 cm³/mol. The Morgan fingerprint density at radius 1 is 1.47 bits per heavy atom. The van der Waals surface area contributed by atoms with E-state index < -0.39 is 10.0 Å². The fourth-order valence-corrected chi connectivity index (χ4v) is 5.89. The summed E-state index contributed by atoms with van der Waals surface area (Å²) in [7, 11) is -3.38. The van der Waals surface area contributed by atoms with Crippen molar-refractivity contribution < 1.29 is 8.42 Å². The van der Waals surface area contributed by atoms with Gasteiger partial charge in [-0.15, -0.1) is 11.3 Å². The third kappa shape index (κ3) is 3.46. The first kappa shape index (κ1) is 15.2. The summed E-state index contributed by atoms with van der Waals surface area (Å²) < 4.78 is 27.3. The minimum Gasteiger partial charge on any atom is -0.312 e. The number of rotatable bonds is 5. The normalized spacial score (nSPS) is 16.9. The van der Waals surface area contributed by atoms with Gasteiger partial charge in [-0.25, -0.2) is 8.42 Å². The molecule has 0 radical (unpaired) electrons. The van der Waals surface area contributed by atoms with Gasteiger partial charge in [-0.1, -0.05) is 19.1 Å². The first-order valence-corrected chi connectivity index (χ1v) is 9.24. The molecule has 1 aromatic heterocycles. The highest BCUT2D eigenvalue weighted by atomic mass is 79.9. The fourth-order valence-electron chi connectivity index (χ4n) is 1.89. The van der Waals surface area contributed by atoms with Crippen LogP contribution >= 0.6 is 27.3 Å². The monoisotopic (exact) mass is 364 g/mol. The lowest BCUT2D eigenvalue weighted by atomic mass is 10.3. The molecule has 0 amide bonds. The number of halogens is 1. The highest BCUT2D eigenvalue weighted by molar-refractivity contribution is 9.11. The van der Waals surface area contributed by atoms with Crippen molar-refractivity contribution in [1.82, 2.24) is 9.62 Å². The van der Waals surface area contributed by atoms with E-state index in [4.69, 9.17) is 0 Å². The molecule has 106 valence electrons. The number of nitrogens with one attached hydrogen (secondary N) is 1. The highest BCUT2D eigenvalue weighted by Gasteiger charge is 2.28. The molecule has 0 aromatic carbocycles. The van der Waals surface area contributed by atoms with Gasteiger partial charge >= 0.3 is 0 Å². The summed E-state index contributed by atoms with van der Waals surface area (Å²) >= 11 is 4.85. The second-order valence-corrected chi connectivity index (χ2v) is 8.62. The van der Waals surface area contributed by atoms with E-state index in [-0.39, 0.29) is 0 Å². The zero-order valence-corrected chi connectivity index (χ0v) is 13.9. The molecular weight excluding hydrogens is 348 g/mol. The first-order chi connectivity index (χ1) is 9.05. The van der Waals surface area contributed by atoms with Crippen molar-refractivity contribution in [2.75, 3.05) is 19.6 Å². The van der Waals surface area contributed by atoms with Crippen LogP contribution in [0.3, 0.4) is 0 Å². The van der Waals surface area contributed by atoms with Crippen LogP contribution in [0.4, 0.5) is 0 Å². The summed E-state index contributed by atoms with van der Waals surface area (Å²) in [6.07, 6.45) is 4.71. The molecule has 0 saturated carbocycles. The Morgan fingerprint density at radius 3 is 2.89 bits per heavy atom. The molecule has 0 atom stereocenters. The molecule has 1 aliphatic rings. The zero-order chi connectivity index (χ0) is 13.9. The molecular formula is C12H17BrN2O2S2. The van der Waals surface area contributed by atoms with Crippen molar-refractivity contribution >= 4 is 37.3 Å². The molecule has 1 aromatic rings. The van der Waals surface area contributed by atoms with Gasteiger partial charge in [-0.05, 0) is 35.0 Å². The Balaban J connectivity index is 2.24. The summed E-state index contributed by atoms with van der Waals surface area (Å²) in [5.41, 5.74) is 0. The standard InChI is InChI=1S/C12H17BrN2O2S2/c1-2-14-9-10-8-11(12(13)18-10)19(16,17)15-6-4-3-5-7-15/h3-4,8,14H,2,5-7,9H2,1H3. The van der Waals surface area contributed by atoms with Crippen LogP contribution in [0, 0.1) is 0 Å². The summed E-state index contributed by atoms with van der Waals surface area (Å²) in [6, 6.07) is 1.77. The Morgan fingerprint density at radius 2 is 2.26 bits per heavy atom. The largest absolute Gasteiger partial charge is 0.312 e. The predicted octanol–water partition coefficient (Wildman–Crippen LogP) is 2.57. The molecule has 1 N–H and O–H groups in total. The van der Waals surface area contributed by atoms with Gasteiger partial charge in [0.15, 0.2) is 0 Å². The summed E-state index contributed by atoms with van der Waals surface area (Å²) in [5, 5.41) is 3.21. The van der Waals surface area contributed by atoms with Gasteiger partial charge in [0, 0.05) is 24.5 Å². The molecule has 1 aliphatic heterocycles. The van der Waals surface area contributed by atoms with Gasteiger partial charge in [-0.2, -0.15) is 4.31 Å². The molecule has 0 aliphatic carbocycles. The number of sulfonamides is 1. The summed E-state index contributed by atoms with van der Waals surface area (Å²) in [4.78, 5) is 1.42. The van der Waals surface area contributed by atoms with Crippen molar-refractivity contribution in [1.29, 1.82) is 0 Å². The SMILES string of the molecule is CCNCc1cc(S(=O)(=O)N2CC=CCC2)c(Br)s1. The molecule has 7 heteroatoms. The van der Waals surface area contributed by atoms with E-state index >= 15 is 0 Å². The molecule has 19 heavy (non-hydrogen) atoms. The highest BCUT2D eigenvalue weighted by Crippen LogP contribution is 2.33. The van der Waals surface area contributed by atoms with Gasteiger partial charge in [0.25, 0.3) is 0 Å². The lowest BCUT2D eigenvalue weighted by Crippen LogP contribution is -2.33. The van der Waals surface area contributed by atoms with Crippen molar-refractivity contribution in [2.45, 2.75) is 24.8 Å². The van der Waals surface area contributed by atoms with Crippen LogP contribution in [0.5, 0.6) is 0 Å². The second kappa shape index (κ2) is 6.49. The molecule has 0 saturated heterocycles. The molecule has 0 unspecified atom stereocenters. The van der Waals surface area contributed by atoms with E-state index in [1.807, 2.05) is 19.1 Å². The van der Waals surface area contributed by atoms with Crippen LogP contribution < -0.4 is 5.32 Å². The lowest BCUT2D eigenvalue weighted by molar-refractivity contribution is 0.437. The number of nitrogens with zero attached hydrogens (tertiary/aromatic N) is 1. The molecule has 2 rings (SSSR count). The van der Waals surface area contributed by atoms with Crippen LogP contribution in [0.25, 0.3) is 0 Å². The Bertz CT molecular complexity index is 566. The van der Waals surface area contributed by atoms with Crippen molar-refractivity contribution in [2.24, 2.45) is 0 Å². The van der Waals surface area contributed by atoms with Crippen LogP contribution in [0.2, 0.25) is 0 Å². The molecule has 0 fully saturated rings. The van der Waals surface area contributed by atoms with Crippen LogP contribution in [0.1, 0.15) is 18.2 Å². The second-order valence-electron chi connectivity index (χ2n) is 4.25. The average Bonchev–Trinajstić information content (AvgIpc) is 2.79. The maximum atomic E-state index is 12.5. The van der Waals surface area contributed by atoms with E-state index in [0.29, 0.717) is 28.3 Å². The molecule has 2 heterocycles. The lowest BCUT2D eigenvalue weighted by Gasteiger charge is -2.22. The molecule has 4 nitrogen and oxygen atoms in total. The van der Waals surface area contributed by atoms with Crippen molar-refractivity contribution in [3.8, 4) is 0 Å². The minimum absolute atomic E-state index is 0.390. The fraction of sp³-hybridized carbons (Fsp3) is 0.500. The summed E-state index contributed by atoms with van der Waals surface area (Å²) in [6.45, 7) is 4.63. The van der Waals surface area contributed by atoms with Gasteiger partial charge in [-0.3, -0.25) is 0 Å². The van der Waals surface area contributed by atoms with E-state index in [1.165, 1.54) is 15.6 Å². The van der Waals surface area contributed by atoms with Crippen molar-refractivity contribution in [3.63, 3.8) is 0 Å². The maximum Gasteiger partial charge on any atom is 0.245 e. The topological polar surface area (TPSA) is 49.4 Å². The zero-order valence-electron chi connectivity index (χ0n) is 10.7. The molecule has 0 bridgehead atoms. The van der Waals surface area contributed by atoms with Gasteiger partial charge < -0.3 is 5.32 Å². The quantitative estimate of drug-likeness (QED) is 0.816. The number of hydrogen-bond donors (Lipinski definition) is 1. The molecule has 0 spiro atoms. The average molecular weight is 365 g/mol. The number of hydrogen-bond acceptors (Lipinski definition) is 4. The van der Waals surface area contributed by atoms with Crippen molar-refractivity contribution in [3.05, 3.63) is 26.9 Å². The Labute approximate surface area is 126 Å².